The average molecular weight is 740 g/mol. The molecule has 0 radical (unpaired) electrons. The zero-order valence-corrected chi connectivity index (χ0v) is 22.9. The highest BCUT2D eigenvalue weighted by Crippen LogP contribution is 2.54. The molecule has 0 aliphatic rings. The minimum Gasteiger partial charge on any atom is -0.457 e. The molecule has 192 valence electrons. The van der Waals surface area contributed by atoms with Crippen LogP contribution in [0.5, 0.6) is 23.0 Å². The Hall–Kier alpha value is -2.48. The summed E-state index contributed by atoms with van der Waals surface area (Å²) < 4.78 is 99.1. The fraction of sp³-hybridized carbons (Fsp3) is 0.111. The van der Waals surface area contributed by atoms with Crippen LogP contribution in [0.25, 0.3) is 0 Å². The van der Waals surface area contributed by atoms with Gasteiger partial charge in [-0.15, -0.1) is 0 Å². The van der Waals surface area contributed by atoms with Crippen LogP contribution < -0.4 is 9.47 Å². The van der Waals surface area contributed by atoms with Gasteiger partial charge in [-0.2, -0.15) is 22.0 Å². The smallest absolute Gasteiger partial charge is 0.457 e. The van der Waals surface area contributed by atoms with Crippen molar-refractivity contribution in [3.05, 3.63) is 115 Å². The molecule has 0 unspecified atom stereocenters. The van der Waals surface area contributed by atoms with E-state index in [1.807, 2.05) is 0 Å². The minimum atomic E-state index is -6.16. The van der Waals surface area contributed by atoms with E-state index < -0.39 is 28.9 Å². The lowest BCUT2D eigenvalue weighted by atomic mass is 9.82. The van der Waals surface area contributed by atoms with Crippen LogP contribution in [0, 0.1) is 7.14 Å². The Bertz CT molecular complexity index is 1250. The van der Waals surface area contributed by atoms with Gasteiger partial charge in [0.25, 0.3) is 0 Å². The molecule has 0 saturated carbocycles. The zero-order valence-electron chi connectivity index (χ0n) is 18.6. The van der Waals surface area contributed by atoms with Gasteiger partial charge in [-0.25, -0.2) is 4.39 Å². The molecule has 4 rings (SSSR count). The number of rotatable bonds is 7. The highest BCUT2D eigenvalue weighted by Gasteiger charge is 2.72. The van der Waals surface area contributed by atoms with E-state index in [9.17, 15) is 22.0 Å². The third-order valence-electron chi connectivity index (χ3n) is 5.39. The molecule has 0 saturated heterocycles. The van der Waals surface area contributed by atoms with E-state index >= 15 is 4.39 Å². The molecule has 0 aromatic heterocycles. The summed E-state index contributed by atoms with van der Waals surface area (Å²) in [5.41, 5.74) is -5.97. The fourth-order valence-electron chi connectivity index (χ4n) is 3.51. The monoisotopic (exact) mass is 740 g/mol. The Kier molecular flexibility index (Phi) is 7.98. The van der Waals surface area contributed by atoms with Crippen LogP contribution in [-0.2, 0) is 5.67 Å². The third-order valence-corrected chi connectivity index (χ3v) is 6.83. The Labute approximate surface area is 235 Å². The number of hydrogen-bond donors (Lipinski definition) is 0. The van der Waals surface area contributed by atoms with Gasteiger partial charge in [0.05, 0.1) is 0 Å². The quantitative estimate of drug-likeness (QED) is 0.139. The largest absolute Gasteiger partial charge is 0.457 e. The molecule has 0 heterocycles. The van der Waals surface area contributed by atoms with Gasteiger partial charge in [0, 0.05) is 18.3 Å². The number of halogens is 8. The van der Waals surface area contributed by atoms with Crippen LogP contribution in [0.15, 0.2) is 97.1 Å². The van der Waals surface area contributed by atoms with E-state index in [0.29, 0.717) is 11.5 Å². The van der Waals surface area contributed by atoms with Gasteiger partial charge in [0.2, 0.25) is 5.67 Å². The van der Waals surface area contributed by atoms with Crippen molar-refractivity contribution in [2.24, 2.45) is 0 Å². The predicted molar refractivity (Wildman–Crippen MR) is 144 cm³/mol. The van der Waals surface area contributed by atoms with E-state index in [1.165, 1.54) is 0 Å². The first-order valence-electron chi connectivity index (χ1n) is 10.6. The maximum Gasteiger partial charge on any atom is 0.457 e. The molecule has 0 bridgehead atoms. The van der Waals surface area contributed by atoms with Gasteiger partial charge in [0.1, 0.15) is 23.0 Å². The van der Waals surface area contributed by atoms with Gasteiger partial charge in [-0.05, 0) is 118 Å². The number of hydrogen-bond acceptors (Lipinski definition) is 2. The van der Waals surface area contributed by atoms with Crippen molar-refractivity contribution in [2.45, 2.75) is 17.8 Å². The maximum absolute atomic E-state index is 16.2. The van der Waals surface area contributed by atoms with Crippen LogP contribution in [-0.4, -0.2) is 12.1 Å². The SMILES string of the molecule is FC(F)(F)C(F)(F)C(F)(c1ccc(Oc2ccc(I)cc2)cc1)c1ccc(Oc2ccc(I)cc2)cc1. The summed E-state index contributed by atoms with van der Waals surface area (Å²) in [7, 11) is 0. The first kappa shape index (κ1) is 27.6. The number of ether oxygens (including phenoxy) is 2. The highest BCUT2D eigenvalue weighted by atomic mass is 127. The third kappa shape index (κ3) is 5.84. The standard InChI is InChI=1S/C27H16F6I2O2/c28-25(26(29,30)27(31,32)33,17-1-9-21(10-2-17)36-23-13-5-19(34)6-14-23)18-3-11-22(12-4-18)37-24-15-7-20(35)8-16-24/h1-16H. The summed E-state index contributed by atoms with van der Waals surface area (Å²) >= 11 is 4.20. The summed E-state index contributed by atoms with van der Waals surface area (Å²) in [6.45, 7) is 0. The van der Waals surface area contributed by atoms with Crippen LogP contribution in [0.2, 0.25) is 0 Å². The normalized spacial score (nSPS) is 12.3. The van der Waals surface area contributed by atoms with Gasteiger partial charge in [0.15, 0.2) is 0 Å². The summed E-state index contributed by atoms with van der Waals surface area (Å²) in [6, 6.07) is 21.7. The lowest BCUT2D eigenvalue weighted by Crippen LogP contribution is -2.53. The first-order chi connectivity index (χ1) is 17.4. The average Bonchev–Trinajstić information content (AvgIpc) is 2.86. The molecule has 0 atom stereocenters. The van der Waals surface area contributed by atoms with Gasteiger partial charge in [-0.3, -0.25) is 0 Å². The molecule has 0 amide bonds. The summed E-state index contributed by atoms with van der Waals surface area (Å²) in [6.07, 6.45) is -6.16. The molecule has 0 spiro atoms. The number of benzene rings is 4. The molecule has 0 N–H and O–H groups in total. The Morgan fingerprint density at radius 1 is 0.432 bits per heavy atom. The van der Waals surface area contributed by atoms with E-state index in [-0.39, 0.29) is 11.5 Å². The van der Waals surface area contributed by atoms with Gasteiger partial charge >= 0.3 is 12.1 Å². The summed E-state index contributed by atoms with van der Waals surface area (Å²) in [5, 5.41) is 0. The van der Waals surface area contributed by atoms with Crippen molar-refractivity contribution in [1.29, 1.82) is 0 Å². The molecule has 10 heteroatoms. The molecule has 4 aromatic rings. The van der Waals surface area contributed by atoms with Crippen LogP contribution in [0.1, 0.15) is 11.1 Å². The lowest BCUT2D eigenvalue weighted by Gasteiger charge is -2.35. The second kappa shape index (κ2) is 10.7. The molecular weight excluding hydrogens is 724 g/mol. The Morgan fingerprint density at radius 2 is 0.703 bits per heavy atom. The van der Waals surface area contributed by atoms with E-state index in [0.717, 1.165) is 55.7 Å². The lowest BCUT2D eigenvalue weighted by molar-refractivity contribution is -0.323. The van der Waals surface area contributed by atoms with Gasteiger partial charge < -0.3 is 9.47 Å². The van der Waals surface area contributed by atoms with Crippen molar-refractivity contribution in [2.75, 3.05) is 0 Å². The van der Waals surface area contributed by atoms with E-state index in [2.05, 4.69) is 45.2 Å². The van der Waals surface area contributed by atoms with Gasteiger partial charge in [-0.1, -0.05) is 24.3 Å². The highest BCUT2D eigenvalue weighted by molar-refractivity contribution is 14.1. The second-order valence-corrected chi connectivity index (χ2v) is 10.4. The fourth-order valence-corrected chi connectivity index (χ4v) is 4.23. The molecule has 4 aromatic carbocycles. The molecule has 37 heavy (non-hydrogen) atoms. The topological polar surface area (TPSA) is 18.5 Å². The Morgan fingerprint density at radius 3 is 0.973 bits per heavy atom. The molecule has 0 fully saturated rings. The minimum absolute atomic E-state index is 0.143. The zero-order chi connectivity index (χ0) is 26.8. The molecule has 0 aliphatic heterocycles. The van der Waals surface area contributed by atoms with Crippen LogP contribution in [0.3, 0.4) is 0 Å². The van der Waals surface area contributed by atoms with Crippen molar-refractivity contribution < 1.29 is 35.8 Å². The number of alkyl halides is 6. The maximum atomic E-state index is 16.2. The van der Waals surface area contributed by atoms with Crippen molar-refractivity contribution in [3.63, 3.8) is 0 Å². The van der Waals surface area contributed by atoms with Crippen LogP contribution in [0.4, 0.5) is 26.3 Å². The predicted octanol–water partition coefficient (Wildman–Crippen LogP) is 9.89. The molecular formula is C27H16F6I2O2. The van der Waals surface area contributed by atoms with Crippen molar-refractivity contribution in [1.82, 2.24) is 0 Å². The Balaban J connectivity index is 1.68. The summed E-state index contributed by atoms with van der Waals surface area (Å²) in [4.78, 5) is 0. The second-order valence-electron chi connectivity index (χ2n) is 7.89. The first-order valence-corrected chi connectivity index (χ1v) is 12.8. The summed E-state index contributed by atoms with van der Waals surface area (Å²) in [5.74, 6) is -4.61. The molecule has 0 aliphatic carbocycles. The van der Waals surface area contributed by atoms with E-state index in [1.54, 1.807) is 48.5 Å². The van der Waals surface area contributed by atoms with Crippen molar-refractivity contribution >= 4 is 45.2 Å². The van der Waals surface area contributed by atoms with Crippen LogP contribution >= 0.6 is 45.2 Å². The molecule has 2 nitrogen and oxygen atoms in total. The van der Waals surface area contributed by atoms with Crippen molar-refractivity contribution in [3.8, 4) is 23.0 Å². The van der Waals surface area contributed by atoms with E-state index in [4.69, 9.17) is 9.47 Å².